The van der Waals surface area contributed by atoms with Gasteiger partial charge >= 0.3 is 5.97 Å². The van der Waals surface area contributed by atoms with Gasteiger partial charge in [-0.05, 0) is 17.7 Å². The first-order valence-electron chi connectivity index (χ1n) is 9.82. The summed E-state index contributed by atoms with van der Waals surface area (Å²) in [4.78, 5) is 27.1. The number of hydrogen-bond donors (Lipinski definition) is 1. The van der Waals surface area contributed by atoms with Crippen LogP contribution in [0.5, 0.6) is 11.5 Å². The number of fused-ring (bicyclic) bond motifs is 1. The van der Waals surface area contributed by atoms with E-state index in [2.05, 4.69) is 0 Å². The third-order valence-electron chi connectivity index (χ3n) is 5.35. The Kier molecular flexibility index (Phi) is 5.72. The van der Waals surface area contributed by atoms with Crippen molar-refractivity contribution < 1.29 is 28.9 Å². The van der Waals surface area contributed by atoms with Crippen LogP contribution in [0.1, 0.15) is 33.8 Å². The number of benzene rings is 2. The van der Waals surface area contributed by atoms with E-state index in [0.717, 1.165) is 5.56 Å². The largest absolute Gasteiger partial charge is 0.508 e. The van der Waals surface area contributed by atoms with Crippen LogP contribution in [0.4, 0.5) is 0 Å². The Labute approximate surface area is 174 Å². The first kappa shape index (κ1) is 20.0. The molecule has 7 heteroatoms. The molecule has 2 aliphatic heterocycles. The minimum Gasteiger partial charge on any atom is -0.508 e. The highest BCUT2D eigenvalue weighted by Crippen LogP contribution is 2.46. The van der Waals surface area contributed by atoms with Gasteiger partial charge in [-0.1, -0.05) is 30.3 Å². The number of Topliss-reactive ketones (excluding diaryl/α,β-unsaturated/α-hetero) is 1. The maximum absolute atomic E-state index is 12.9. The van der Waals surface area contributed by atoms with Crippen LogP contribution in [-0.4, -0.2) is 55.2 Å². The Morgan fingerprint density at radius 2 is 1.93 bits per heavy atom. The number of nitrogens with zero attached hydrogens (tertiary/aromatic N) is 1. The highest BCUT2D eigenvalue weighted by molar-refractivity contribution is 6.12. The van der Waals surface area contributed by atoms with Crippen molar-refractivity contribution in [2.75, 3.05) is 33.4 Å². The lowest BCUT2D eigenvalue weighted by atomic mass is 9.86. The quantitative estimate of drug-likeness (QED) is 0.600. The highest BCUT2D eigenvalue weighted by atomic mass is 16.5. The molecule has 0 amide bonds. The number of carbonyl (C=O) groups excluding carboxylic acids is 2. The summed E-state index contributed by atoms with van der Waals surface area (Å²) in [5.41, 5.74) is 1.59. The van der Waals surface area contributed by atoms with Crippen LogP contribution in [-0.2, 0) is 14.3 Å². The van der Waals surface area contributed by atoms with E-state index in [1.807, 2.05) is 35.2 Å². The average Bonchev–Trinajstić information content (AvgIpc) is 3.08. The lowest BCUT2D eigenvalue weighted by Gasteiger charge is -2.25. The van der Waals surface area contributed by atoms with Gasteiger partial charge in [-0.2, -0.15) is 0 Å². The molecule has 1 unspecified atom stereocenters. The van der Waals surface area contributed by atoms with Crippen molar-refractivity contribution in [2.45, 2.75) is 12.3 Å². The zero-order chi connectivity index (χ0) is 21.1. The molecule has 1 N–H and O–H groups in total. The Bertz CT molecular complexity index is 979. The highest BCUT2D eigenvalue weighted by Gasteiger charge is 2.35. The van der Waals surface area contributed by atoms with Gasteiger partial charge in [0.25, 0.3) is 0 Å². The number of hydrogen-bond acceptors (Lipinski definition) is 7. The fourth-order valence-electron chi connectivity index (χ4n) is 3.78. The molecule has 156 valence electrons. The molecule has 30 heavy (non-hydrogen) atoms. The van der Waals surface area contributed by atoms with Crippen molar-refractivity contribution in [3.8, 4) is 11.5 Å². The number of ketones is 1. The van der Waals surface area contributed by atoms with Gasteiger partial charge in [0, 0.05) is 30.8 Å². The Hall–Kier alpha value is -3.32. The van der Waals surface area contributed by atoms with Crippen LogP contribution in [0.15, 0.2) is 54.4 Å². The summed E-state index contributed by atoms with van der Waals surface area (Å²) in [6.45, 7) is 2.52. The number of esters is 1. The standard InChI is InChI=1S/C23H23NO6/c1-28-20(26)13-17(15-5-3-2-4-6-15)21-18(25)8-7-16-22(27)19(30-23(16)21)14-24-9-11-29-12-10-24/h2-8,14,17,25H,9-13H2,1H3/b19-14-. The predicted molar refractivity (Wildman–Crippen MR) is 108 cm³/mol. The number of allylic oxidation sites excluding steroid dienone is 1. The number of phenols is 1. The number of phenolic OH excluding ortho intramolecular Hbond substituents is 1. The number of morpholine rings is 1. The number of aromatic hydroxyl groups is 1. The molecule has 0 radical (unpaired) electrons. The Morgan fingerprint density at radius 3 is 2.63 bits per heavy atom. The van der Waals surface area contributed by atoms with E-state index in [-0.39, 0.29) is 29.5 Å². The van der Waals surface area contributed by atoms with E-state index in [4.69, 9.17) is 14.2 Å². The Balaban J connectivity index is 1.76. The Morgan fingerprint density at radius 1 is 1.20 bits per heavy atom. The van der Waals surface area contributed by atoms with Gasteiger partial charge in [0.15, 0.2) is 5.76 Å². The van der Waals surface area contributed by atoms with E-state index in [1.165, 1.54) is 13.2 Å². The van der Waals surface area contributed by atoms with Gasteiger partial charge in [0.1, 0.15) is 11.5 Å². The number of rotatable bonds is 5. The molecule has 0 bridgehead atoms. The van der Waals surface area contributed by atoms with E-state index < -0.39 is 11.9 Å². The summed E-state index contributed by atoms with van der Waals surface area (Å²) in [6, 6.07) is 12.3. The molecule has 2 aromatic rings. The lowest BCUT2D eigenvalue weighted by Crippen LogP contribution is -2.32. The van der Waals surface area contributed by atoms with Gasteiger partial charge in [0.05, 0.1) is 32.3 Å². The monoisotopic (exact) mass is 409 g/mol. The average molecular weight is 409 g/mol. The molecular formula is C23H23NO6. The minimum absolute atomic E-state index is 0.00455. The van der Waals surface area contributed by atoms with Crippen molar-refractivity contribution >= 4 is 11.8 Å². The topological polar surface area (TPSA) is 85.3 Å². The second kappa shape index (κ2) is 8.59. The summed E-state index contributed by atoms with van der Waals surface area (Å²) >= 11 is 0. The maximum atomic E-state index is 12.9. The first-order valence-corrected chi connectivity index (χ1v) is 9.82. The van der Waals surface area contributed by atoms with Crippen molar-refractivity contribution in [3.05, 3.63) is 71.1 Å². The molecule has 1 saturated heterocycles. The zero-order valence-corrected chi connectivity index (χ0v) is 16.7. The molecule has 2 heterocycles. The predicted octanol–water partition coefficient (Wildman–Crippen LogP) is 2.84. The summed E-state index contributed by atoms with van der Waals surface area (Å²) in [6.07, 6.45) is 1.70. The second-order valence-corrected chi connectivity index (χ2v) is 7.19. The molecule has 0 spiro atoms. The van der Waals surface area contributed by atoms with E-state index in [0.29, 0.717) is 37.4 Å². The van der Waals surface area contributed by atoms with E-state index in [1.54, 1.807) is 12.3 Å². The van der Waals surface area contributed by atoms with Crippen LogP contribution in [0.25, 0.3) is 0 Å². The van der Waals surface area contributed by atoms with E-state index in [9.17, 15) is 14.7 Å². The SMILES string of the molecule is COC(=O)CC(c1ccccc1)c1c(O)ccc2c1O/C(=C\N1CCOCC1)C2=O. The lowest BCUT2D eigenvalue weighted by molar-refractivity contribution is -0.140. The zero-order valence-electron chi connectivity index (χ0n) is 16.7. The summed E-state index contributed by atoms with van der Waals surface area (Å²) in [5, 5.41) is 10.7. The van der Waals surface area contributed by atoms with Crippen molar-refractivity contribution in [2.24, 2.45) is 0 Å². The third kappa shape index (κ3) is 3.89. The maximum Gasteiger partial charge on any atom is 0.306 e. The molecule has 2 aliphatic rings. The fraction of sp³-hybridized carbons (Fsp3) is 0.304. The molecule has 2 aromatic carbocycles. The van der Waals surface area contributed by atoms with E-state index >= 15 is 0 Å². The van der Waals surface area contributed by atoms with Gasteiger partial charge in [-0.15, -0.1) is 0 Å². The normalized spacial score (nSPS) is 18.1. The fourth-order valence-corrected chi connectivity index (χ4v) is 3.78. The second-order valence-electron chi connectivity index (χ2n) is 7.19. The first-order chi connectivity index (χ1) is 14.6. The van der Waals surface area contributed by atoms with Gasteiger partial charge in [-0.25, -0.2) is 0 Å². The molecular weight excluding hydrogens is 386 g/mol. The van der Waals surface area contributed by atoms with Crippen molar-refractivity contribution in [3.63, 3.8) is 0 Å². The van der Waals surface area contributed by atoms with Crippen LogP contribution >= 0.6 is 0 Å². The summed E-state index contributed by atoms with van der Waals surface area (Å²) < 4.78 is 16.2. The van der Waals surface area contributed by atoms with Crippen LogP contribution in [0.2, 0.25) is 0 Å². The van der Waals surface area contributed by atoms with Crippen LogP contribution in [0, 0.1) is 0 Å². The molecule has 0 aliphatic carbocycles. The van der Waals surface area contributed by atoms with Crippen LogP contribution < -0.4 is 4.74 Å². The van der Waals surface area contributed by atoms with Crippen molar-refractivity contribution in [1.29, 1.82) is 0 Å². The molecule has 0 aromatic heterocycles. The third-order valence-corrected chi connectivity index (χ3v) is 5.35. The smallest absolute Gasteiger partial charge is 0.306 e. The van der Waals surface area contributed by atoms with Gasteiger partial charge < -0.3 is 24.2 Å². The number of methoxy groups -OCH3 is 1. The van der Waals surface area contributed by atoms with Crippen LogP contribution in [0.3, 0.4) is 0 Å². The molecule has 4 rings (SSSR count). The molecule has 7 nitrogen and oxygen atoms in total. The van der Waals surface area contributed by atoms with Crippen molar-refractivity contribution in [1.82, 2.24) is 4.90 Å². The molecule has 0 saturated carbocycles. The van der Waals surface area contributed by atoms with Gasteiger partial charge in [-0.3, -0.25) is 9.59 Å². The molecule has 1 atom stereocenters. The molecule has 1 fully saturated rings. The minimum atomic E-state index is -0.524. The number of ether oxygens (including phenoxy) is 3. The summed E-state index contributed by atoms with van der Waals surface area (Å²) in [7, 11) is 1.32. The van der Waals surface area contributed by atoms with Gasteiger partial charge in [0.2, 0.25) is 5.78 Å². The number of carbonyl (C=O) groups is 2. The summed E-state index contributed by atoms with van der Waals surface area (Å²) in [5.74, 6) is -0.742.